The van der Waals surface area contributed by atoms with E-state index in [1.54, 1.807) is 0 Å². The van der Waals surface area contributed by atoms with Crippen molar-refractivity contribution in [2.24, 2.45) is 23.7 Å². The molecule has 104 valence electrons. The number of hydrogen-bond donors (Lipinski definition) is 0. The molecular weight excluding hydrogens is 284 g/mol. The van der Waals surface area contributed by atoms with Crippen LogP contribution in [-0.2, 0) is 9.59 Å². The van der Waals surface area contributed by atoms with Gasteiger partial charge in [0.2, 0.25) is 11.8 Å². The van der Waals surface area contributed by atoms with Crippen LogP contribution < -0.4 is 4.90 Å². The smallest absolute Gasteiger partial charge is 0.240 e. The number of nitrogens with zero attached hydrogens (tertiary/aromatic N) is 2. The molecule has 2 heterocycles. The first-order valence-corrected chi connectivity index (χ1v) is 7.97. The Morgan fingerprint density at radius 2 is 1.71 bits per heavy atom. The molecule has 5 heteroatoms. The third-order valence-corrected chi connectivity index (χ3v) is 5.97. The summed E-state index contributed by atoms with van der Waals surface area (Å²) >= 11 is 1.42. The minimum absolute atomic E-state index is 0.0547. The molecule has 4 nitrogen and oxygen atoms in total. The van der Waals surface area contributed by atoms with Crippen molar-refractivity contribution in [2.75, 3.05) is 4.90 Å². The van der Waals surface area contributed by atoms with E-state index in [-0.39, 0.29) is 35.5 Å². The highest BCUT2D eigenvalue weighted by Crippen LogP contribution is 2.53. The summed E-state index contributed by atoms with van der Waals surface area (Å²) in [5.74, 6) is 0.0764. The number of benzene rings is 1. The number of para-hydroxylation sites is 1. The van der Waals surface area contributed by atoms with E-state index in [1.807, 2.05) is 24.3 Å². The molecular formula is C16H12N2O2S. The van der Waals surface area contributed by atoms with Gasteiger partial charge in [0.05, 0.1) is 22.1 Å². The van der Waals surface area contributed by atoms with Crippen molar-refractivity contribution in [2.45, 2.75) is 6.42 Å². The molecule has 1 saturated carbocycles. The highest BCUT2D eigenvalue weighted by molar-refractivity contribution is 7.22. The molecule has 1 aromatic carbocycles. The van der Waals surface area contributed by atoms with E-state index in [9.17, 15) is 9.59 Å². The lowest BCUT2D eigenvalue weighted by Gasteiger charge is -2.14. The summed E-state index contributed by atoms with van der Waals surface area (Å²) in [7, 11) is 0. The van der Waals surface area contributed by atoms with E-state index in [1.165, 1.54) is 16.2 Å². The topological polar surface area (TPSA) is 50.3 Å². The fourth-order valence-corrected chi connectivity index (χ4v) is 5.02. The van der Waals surface area contributed by atoms with E-state index in [4.69, 9.17) is 0 Å². The number of carbonyl (C=O) groups is 2. The standard InChI is InChI=1S/C16H12N2O2S/c19-14-12-8-5-6-9(7-8)13(12)15(20)18(14)16-17-10-3-1-2-4-11(10)21-16/h1-6,8-9,12-13H,7H2/t8-,9+,12-,13-/m0/s1. The summed E-state index contributed by atoms with van der Waals surface area (Å²) in [6.45, 7) is 0. The maximum Gasteiger partial charge on any atom is 0.240 e. The summed E-state index contributed by atoms with van der Waals surface area (Å²) in [5, 5.41) is 0.528. The van der Waals surface area contributed by atoms with Gasteiger partial charge in [-0.2, -0.15) is 0 Å². The van der Waals surface area contributed by atoms with Gasteiger partial charge in [-0.25, -0.2) is 9.88 Å². The van der Waals surface area contributed by atoms with E-state index in [0.717, 1.165) is 16.6 Å². The number of allylic oxidation sites excluding steroid dienone is 2. The average Bonchev–Trinajstić information content (AvgIpc) is 3.21. The Kier molecular flexibility index (Phi) is 2.10. The van der Waals surface area contributed by atoms with E-state index in [2.05, 4.69) is 17.1 Å². The van der Waals surface area contributed by atoms with Crippen molar-refractivity contribution >= 4 is 38.5 Å². The zero-order valence-corrected chi connectivity index (χ0v) is 11.9. The van der Waals surface area contributed by atoms with Crippen LogP contribution in [-0.4, -0.2) is 16.8 Å². The molecule has 3 aliphatic rings. The van der Waals surface area contributed by atoms with Gasteiger partial charge in [0.1, 0.15) is 0 Å². The average molecular weight is 296 g/mol. The number of amides is 2. The van der Waals surface area contributed by atoms with Crippen molar-refractivity contribution < 1.29 is 9.59 Å². The van der Waals surface area contributed by atoms with Gasteiger partial charge in [-0.1, -0.05) is 35.6 Å². The second kappa shape index (κ2) is 3.80. The maximum absolute atomic E-state index is 12.7. The Hall–Kier alpha value is -2.01. The second-order valence-corrected chi connectivity index (χ2v) is 6.99. The second-order valence-electron chi connectivity index (χ2n) is 5.98. The molecule has 5 rings (SSSR count). The summed E-state index contributed by atoms with van der Waals surface area (Å²) in [5.41, 5.74) is 0.844. The molecule has 2 amide bonds. The van der Waals surface area contributed by atoms with Gasteiger partial charge >= 0.3 is 0 Å². The van der Waals surface area contributed by atoms with Crippen LogP contribution in [0.15, 0.2) is 36.4 Å². The van der Waals surface area contributed by atoms with Gasteiger partial charge in [0, 0.05) is 0 Å². The maximum atomic E-state index is 12.7. The predicted octanol–water partition coefficient (Wildman–Crippen LogP) is 2.61. The number of fused-ring (bicyclic) bond motifs is 6. The number of hydrogen-bond acceptors (Lipinski definition) is 4. The van der Waals surface area contributed by atoms with Crippen molar-refractivity contribution in [3.05, 3.63) is 36.4 Å². The highest BCUT2D eigenvalue weighted by atomic mass is 32.1. The molecule has 0 spiro atoms. The van der Waals surface area contributed by atoms with Crippen LogP contribution in [0.2, 0.25) is 0 Å². The number of thiazole rings is 1. The van der Waals surface area contributed by atoms with Gasteiger partial charge in [-0.3, -0.25) is 9.59 Å². The van der Waals surface area contributed by atoms with Crippen LogP contribution in [0.4, 0.5) is 5.13 Å². The quantitative estimate of drug-likeness (QED) is 0.600. The van der Waals surface area contributed by atoms with Gasteiger partial charge in [0.15, 0.2) is 5.13 Å². The predicted molar refractivity (Wildman–Crippen MR) is 79.8 cm³/mol. The summed E-state index contributed by atoms with van der Waals surface area (Å²) in [6.07, 6.45) is 5.18. The SMILES string of the molecule is O=C1[C@@H]2[C@@H](C(=O)N1c1nc3ccccc3s1)[C@H]1C=C[C@@H]2C1. The number of anilines is 1. The minimum Gasteiger partial charge on any atom is -0.274 e. The largest absolute Gasteiger partial charge is 0.274 e. The molecule has 1 aromatic heterocycles. The van der Waals surface area contributed by atoms with Crippen molar-refractivity contribution in [3.63, 3.8) is 0 Å². The molecule has 21 heavy (non-hydrogen) atoms. The van der Waals surface area contributed by atoms with Crippen LogP contribution in [0.3, 0.4) is 0 Å². The monoisotopic (exact) mass is 296 g/mol. The molecule has 2 fully saturated rings. The number of carbonyl (C=O) groups excluding carboxylic acids is 2. The summed E-state index contributed by atoms with van der Waals surface area (Å²) < 4.78 is 1.01. The molecule has 4 atom stereocenters. The van der Waals surface area contributed by atoms with Crippen LogP contribution in [0, 0.1) is 23.7 Å². The Balaban J connectivity index is 1.61. The zero-order valence-electron chi connectivity index (χ0n) is 11.1. The minimum atomic E-state index is -0.153. The highest BCUT2D eigenvalue weighted by Gasteiger charge is 2.60. The molecule has 0 unspecified atom stereocenters. The summed E-state index contributed by atoms with van der Waals surface area (Å²) in [6, 6.07) is 7.73. The Morgan fingerprint density at radius 1 is 1.05 bits per heavy atom. The normalized spacial score (nSPS) is 33.4. The first-order valence-electron chi connectivity index (χ1n) is 7.16. The lowest BCUT2D eigenvalue weighted by molar-refractivity contribution is -0.123. The Bertz CT molecular complexity index is 762. The van der Waals surface area contributed by atoms with E-state index < -0.39 is 0 Å². The van der Waals surface area contributed by atoms with Crippen LogP contribution in [0.1, 0.15) is 6.42 Å². The summed E-state index contributed by atoms with van der Waals surface area (Å²) in [4.78, 5) is 31.2. The fraction of sp³-hybridized carbons (Fsp3) is 0.312. The Morgan fingerprint density at radius 3 is 2.38 bits per heavy atom. The lowest BCUT2D eigenvalue weighted by atomic mass is 9.85. The molecule has 0 radical (unpaired) electrons. The van der Waals surface area contributed by atoms with Gasteiger partial charge in [-0.05, 0) is 30.4 Å². The first kappa shape index (κ1) is 11.6. The van der Waals surface area contributed by atoms with Crippen molar-refractivity contribution in [3.8, 4) is 0 Å². The van der Waals surface area contributed by atoms with Gasteiger partial charge in [-0.15, -0.1) is 0 Å². The zero-order chi connectivity index (χ0) is 14.1. The third-order valence-electron chi connectivity index (χ3n) is 4.94. The lowest BCUT2D eigenvalue weighted by Crippen LogP contribution is -2.32. The van der Waals surface area contributed by atoms with E-state index >= 15 is 0 Å². The molecule has 1 saturated heterocycles. The Labute approximate surface area is 125 Å². The first-order chi connectivity index (χ1) is 10.2. The molecule has 1 aliphatic heterocycles. The van der Waals surface area contributed by atoms with Crippen LogP contribution in [0.25, 0.3) is 10.2 Å². The number of imide groups is 1. The van der Waals surface area contributed by atoms with Crippen molar-refractivity contribution in [1.82, 2.24) is 4.98 Å². The molecule has 0 N–H and O–H groups in total. The van der Waals surface area contributed by atoms with Crippen molar-refractivity contribution in [1.29, 1.82) is 0 Å². The molecule has 2 aromatic rings. The van der Waals surface area contributed by atoms with Crippen LogP contribution >= 0.6 is 11.3 Å². The van der Waals surface area contributed by atoms with Crippen LogP contribution in [0.5, 0.6) is 0 Å². The van der Waals surface area contributed by atoms with Gasteiger partial charge in [0.25, 0.3) is 0 Å². The molecule has 2 aliphatic carbocycles. The number of aromatic nitrogens is 1. The molecule has 2 bridgehead atoms. The van der Waals surface area contributed by atoms with Gasteiger partial charge < -0.3 is 0 Å². The van der Waals surface area contributed by atoms with E-state index in [0.29, 0.717) is 5.13 Å². The third kappa shape index (κ3) is 1.37. The fourth-order valence-electron chi connectivity index (χ4n) is 4.05. The number of rotatable bonds is 1.